The quantitative estimate of drug-likeness (QED) is 0.438. The molecule has 1 saturated heterocycles. The zero-order valence-corrected chi connectivity index (χ0v) is 18.2. The molecule has 0 radical (unpaired) electrons. The fraction of sp³-hybridized carbons (Fsp3) is 0.154. The highest BCUT2D eigenvalue weighted by Gasteiger charge is 2.41. The molecule has 1 fully saturated rings. The lowest BCUT2D eigenvalue weighted by atomic mass is 10.0. The van der Waals surface area contributed by atoms with Crippen molar-refractivity contribution in [3.63, 3.8) is 0 Å². The molecule has 2 aromatic heterocycles. The molecule has 1 aliphatic rings. The molecule has 0 spiro atoms. The number of pyridine rings is 1. The smallest absolute Gasteiger partial charge is 0.170 e. The monoisotopic (exact) mass is 424 g/mol. The van der Waals surface area contributed by atoms with E-state index in [2.05, 4.69) is 99.6 Å². The van der Waals surface area contributed by atoms with Gasteiger partial charge in [-0.3, -0.25) is 4.98 Å². The fourth-order valence-electron chi connectivity index (χ4n) is 4.25. The largest absolute Gasteiger partial charge is 0.352 e. The third-order valence-corrected chi connectivity index (χ3v) is 6.14. The Hall–Kier alpha value is -3.44. The number of rotatable bonds is 5. The minimum absolute atomic E-state index is 0.0129. The van der Waals surface area contributed by atoms with Gasteiger partial charge in [0.25, 0.3) is 0 Å². The van der Waals surface area contributed by atoms with E-state index in [1.54, 1.807) is 0 Å². The van der Waals surface area contributed by atoms with Crippen molar-refractivity contribution < 1.29 is 0 Å². The molecule has 4 aromatic rings. The minimum Gasteiger partial charge on any atom is -0.352 e. The molecular formula is C26H24N4S. The maximum absolute atomic E-state index is 5.82. The second-order valence-electron chi connectivity index (χ2n) is 7.88. The van der Waals surface area contributed by atoms with Crippen LogP contribution in [0.25, 0.3) is 5.69 Å². The first-order valence-electron chi connectivity index (χ1n) is 10.5. The van der Waals surface area contributed by atoms with E-state index in [4.69, 9.17) is 12.2 Å². The van der Waals surface area contributed by atoms with Gasteiger partial charge in [-0.1, -0.05) is 54.1 Å². The van der Waals surface area contributed by atoms with Crippen LogP contribution in [0.3, 0.4) is 0 Å². The highest BCUT2D eigenvalue weighted by molar-refractivity contribution is 7.80. The highest BCUT2D eigenvalue weighted by Crippen LogP contribution is 2.40. The molecule has 1 aliphatic heterocycles. The molecule has 31 heavy (non-hydrogen) atoms. The molecule has 5 heteroatoms. The molecule has 4 nitrogen and oxygen atoms in total. The van der Waals surface area contributed by atoms with E-state index in [1.165, 1.54) is 16.8 Å². The van der Waals surface area contributed by atoms with Gasteiger partial charge in [0.05, 0.1) is 17.8 Å². The molecule has 0 amide bonds. The molecule has 3 heterocycles. The maximum atomic E-state index is 5.82. The van der Waals surface area contributed by atoms with Crippen molar-refractivity contribution in [1.82, 2.24) is 19.8 Å². The Bertz CT molecular complexity index is 1170. The Morgan fingerprint density at radius 3 is 2.42 bits per heavy atom. The topological polar surface area (TPSA) is 33.1 Å². The first-order valence-corrected chi connectivity index (χ1v) is 10.9. The molecule has 0 saturated carbocycles. The van der Waals surface area contributed by atoms with E-state index in [0.29, 0.717) is 0 Å². The van der Waals surface area contributed by atoms with Gasteiger partial charge in [-0.05, 0) is 61.1 Å². The zero-order valence-electron chi connectivity index (χ0n) is 17.3. The Morgan fingerprint density at radius 1 is 0.903 bits per heavy atom. The lowest BCUT2D eigenvalue weighted by Gasteiger charge is -2.29. The number of thiocarbonyl (C=S) groups is 1. The summed E-state index contributed by atoms with van der Waals surface area (Å²) in [6.07, 6.45) is 3.97. The van der Waals surface area contributed by atoms with Gasteiger partial charge in [-0.25, -0.2) is 0 Å². The average molecular weight is 425 g/mol. The van der Waals surface area contributed by atoms with Gasteiger partial charge in [0.2, 0.25) is 0 Å². The number of hydrogen-bond acceptors (Lipinski definition) is 2. The van der Waals surface area contributed by atoms with E-state index in [9.17, 15) is 0 Å². The van der Waals surface area contributed by atoms with Crippen molar-refractivity contribution in [3.8, 4) is 5.69 Å². The summed E-state index contributed by atoms with van der Waals surface area (Å²) in [6.45, 7) is 2.85. The van der Waals surface area contributed by atoms with Crippen LogP contribution in [0.5, 0.6) is 0 Å². The van der Waals surface area contributed by atoms with Crippen LogP contribution in [-0.4, -0.2) is 19.6 Å². The predicted molar refractivity (Wildman–Crippen MR) is 128 cm³/mol. The van der Waals surface area contributed by atoms with Crippen LogP contribution in [0.15, 0.2) is 97.3 Å². The van der Waals surface area contributed by atoms with E-state index < -0.39 is 0 Å². The summed E-state index contributed by atoms with van der Waals surface area (Å²) in [6, 6.07) is 29.4. The van der Waals surface area contributed by atoms with Crippen LogP contribution in [0.4, 0.5) is 0 Å². The Kier molecular flexibility index (Phi) is 5.26. The maximum Gasteiger partial charge on any atom is 0.170 e. The van der Waals surface area contributed by atoms with Crippen molar-refractivity contribution in [2.75, 3.05) is 0 Å². The molecule has 1 N–H and O–H groups in total. The summed E-state index contributed by atoms with van der Waals surface area (Å²) in [5, 5.41) is 4.30. The van der Waals surface area contributed by atoms with E-state index >= 15 is 0 Å². The summed E-state index contributed by atoms with van der Waals surface area (Å²) in [5.74, 6) is 0. The summed E-state index contributed by atoms with van der Waals surface area (Å²) in [5.41, 5.74) is 5.79. The zero-order chi connectivity index (χ0) is 21.2. The number of aryl methyl sites for hydroxylation is 1. The summed E-state index contributed by atoms with van der Waals surface area (Å²) >= 11 is 5.82. The van der Waals surface area contributed by atoms with E-state index in [-0.39, 0.29) is 12.1 Å². The van der Waals surface area contributed by atoms with Gasteiger partial charge in [0, 0.05) is 30.3 Å². The van der Waals surface area contributed by atoms with Crippen LogP contribution in [0, 0.1) is 6.92 Å². The highest BCUT2D eigenvalue weighted by atomic mass is 32.1. The van der Waals surface area contributed by atoms with Crippen LogP contribution >= 0.6 is 12.2 Å². The average Bonchev–Trinajstić information content (AvgIpc) is 3.40. The van der Waals surface area contributed by atoms with Crippen LogP contribution in [-0.2, 0) is 6.54 Å². The molecule has 0 unspecified atom stereocenters. The van der Waals surface area contributed by atoms with Crippen LogP contribution < -0.4 is 5.32 Å². The van der Waals surface area contributed by atoms with Gasteiger partial charge in [0.1, 0.15) is 0 Å². The first kappa shape index (κ1) is 19.5. The van der Waals surface area contributed by atoms with Gasteiger partial charge >= 0.3 is 0 Å². The molecular weight excluding hydrogens is 400 g/mol. The molecule has 2 aromatic carbocycles. The van der Waals surface area contributed by atoms with Crippen molar-refractivity contribution in [2.45, 2.75) is 25.6 Å². The predicted octanol–water partition coefficient (Wildman–Crippen LogP) is 5.35. The second-order valence-corrected chi connectivity index (χ2v) is 8.27. The van der Waals surface area contributed by atoms with Gasteiger partial charge < -0.3 is 14.8 Å². The van der Waals surface area contributed by atoms with Crippen molar-refractivity contribution in [1.29, 1.82) is 0 Å². The second kappa shape index (κ2) is 8.36. The molecule has 2 atom stereocenters. The molecule has 5 rings (SSSR count). The fourth-order valence-corrected chi connectivity index (χ4v) is 4.56. The van der Waals surface area contributed by atoms with Crippen molar-refractivity contribution >= 4 is 17.3 Å². The first-order chi connectivity index (χ1) is 15.2. The van der Waals surface area contributed by atoms with Crippen molar-refractivity contribution in [3.05, 3.63) is 120 Å². The minimum atomic E-state index is -0.0310. The van der Waals surface area contributed by atoms with E-state index in [0.717, 1.165) is 23.0 Å². The SMILES string of the molecule is Cc1ccc(-n2cccc2[C@@H]2[C@H](c3ccccn3)NC(=S)N2Cc2ccccc2)cc1. The molecule has 0 aliphatic carbocycles. The number of aromatic nitrogens is 2. The summed E-state index contributed by atoms with van der Waals surface area (Å²) in [4.78, 5) is 6.93. The van der Waals surface area contributed by atoms with Crippen LogP contribution in [0.2, 0.25) is 0 Å². The molecule has 154 valence electrons. The lowest BCUT2D eigenvalue weighted by molar-refractivity contribution is 0.302. The standard InChI is InChI=1S/C26H24N4S/c1-19-12-14-21(15-13-19)29-17-7-11-23(29)25-24(22-10-5-6-16-27-22)28-26(31)30(25)18-20-8-3-2-4-9-20/h2-17,24-25H,18H2,1H3,(H,28,31)/t24-,25+/m0/s1. The van der Waals surface area contributed by atoms with Gasteiger partial charge in [-0.15, -0.1) is 0 Å². The van der Waals surface area contributed by atoms with Gasteiger partial charge in [-0.2, -0.15) is 0 Å². The Labute approximate surface area is 188 Å². The number of hydrogen-bond donors (Lipinski definition) is 1. The lowest BCUT2D eigenvalue weighted by Crippen LogP contribution is -2.30. The van der Waals surface area contributed by atoms with Gasteiger partial charge in [0.15, 0.2) is 5.11 Å². The third-order valence-electron chi connectivity index (χ3n) is 5.79. The normalized spacial score (nSPS) is 18.2. The van der Waals surface area contributed by atoms with Crippen molar-refractivity contribution in [2.24, 2.45) is 0 Å². The number of nitrogens with one attached hydrogen (secondary N) is 1. The summed E-state index contributed by atoms with van der Waals surface area (Å²) in [7, 11) is 0. The third kappa shape index (κ3) is 3.84. The molecule has 0 bridgehead atoms. The number of nitrogens with zero attached hydrogens (tertiary/aromatic N) is 3. The van der Waals surface area contributed by atoms with E-state index in [1.807, 2.05) is 24.4 Å². The Morgan fingerprint density at radius 2 is 1.68 bits per heavy atom. The summed E-state index contributed by atoms with van der Waals surface area (Å²) < 4.78 is 2.26. The van der Waals surface area contributed by atoms with Crippen LogP contribution in [0.1, 0.15) is 34.6 Å². The Balaban J connectivity index is 1.60. The number of benzene rings is 2.